The standard InChI is InChI=1S/C23H23N5O3/c1-15(2)17-8-10-18(11-9-17)25-20(29)14-28-23(30)27-13-12-24-22(21(27)26-28)31-19-7-5-4-6-16(19)3/h4-13,15H,14H2,1-3H3,(H,25,29). The number of nitrogens with zero attached hydrogens (tertiary/aromatic N) is 4. The first-order valence-corrected chi connectivity index (χ1v) is 10.00. The molecule has 0 aliphatic rings. The van der Waals surface area contributed by atoms with Crippen LogP contribution < -0.4 is 15.7 Å². The van der Waals surface area contributed by atoms with Gasteiger partial charge in [0.1, 0.15) is 12.3 Å². The number of anilines is 1. The number of carbonyl (C=O) groups is 1. The molecule has 31 heavy (non-hydrogen) atoms. The number of aryl methyl sites for hydroxylation is 1. The van der Waals surface area contributed by atoms with Crippen LogP contribution in [0.2, 0.25) is 0 Å². The van der Waals surface area contributed by atoms with E-state index < -0.39 is 5.69 Å². The predicted octanol–water partition coefficient (Wildman–Crippen LogP) is 3.75. The summed E-state index contributed by atoms with van der Waals surface area (Å²) >= 11 is 0. The molecule has 0 spiro atoms. The number of hydrogen-bond acceptors (Lipinski definition) is 5. The van der Waals surface area contributed by atoms with Gasteiger partial charge in [-0.05, 0) is 42.2 Å². The molecular formula is C23H23N5O3. The molecule has 2 heterocycles. The molecule has 0 aliphatic carbocycles. The number of aromatic nitrogens is 4. The van der Waals surface area contributed by atoms with E-state index in [1.165, 1.54) is 22.4 Å². The molecule has 4 aromatic rings. The third kappa shape index (κ3) is 4.32. The van der Waals surface area contributed by atoms with Crippen molar-refractivity contribution in [2.45, 2.75) is 33.2 Å². The second-order valence-corrected chi connectivity index (χ2v) is 7.56. The van der Waals surface area contributed by atoms with Crippen LogP contribution in [-0.4, -0.2) is 25.1 Å². The van der Waals surface area contributed by atoms with Gasteiger partial charge in [0, 0.05) is 18.1 Å². The van der Waals surface area contributed by atoms with Crippen molar-refractivity contribution in [2.75, 3.05) is 5.32 Å². The Balaban J connectivity index is 1.55. The Labute approximate surface area is 179 Å². The van der Waals surface area contributed by atoms with Gasteiger partial charge in [-0.3, -0.25) is 4.79 Å². The summed E-state index contributed by atoms with van der Waals surface area (Å²) < 4.78 is 8.28. The fourth-order valence-electron chi connectivity index (χ4n) is 3.16. The van der Waals surface area contributed by atoms with Crippen LogP contribution in [0, 0.1) is 6.92 Å². The molecule has 0 radical (unpaired) electrons. The van der Waals surface area contributed by atoms with Crippen LogP contribution >= 0.6 is 0 Å². The smallest absolute Gasteiger partial charge is 0.351 e. The van der Waals surface area contributed by atoms with E-state index in [1.54, 1.807) is 0 Å². The minimum absolute atomic E-state index is 0.192. The molecule has 8 heteroatoms. The van der Waals surface area contributed by atoms with E-state index in [2.05, 4.69) is 29.2 Å². The number of amides is 1. The maximum absolute atomic E-state index is 12.7. The summed E-state index contributed by atoms with van der Waals surface area (Å²) in [6.07, 6.45) is 2.96. The summed E-state index contributed by atoms with van der Waals surface area (Å²) in [5.74, 6) is 0.869. The number of nitrogens with one attached hydrogen (secondary N) is 1. The van der Waals surface area contributed by atoms with E-state index in [0.29, 0.717) is 17.4 Å². The van der Waals surface area contributed by atoms with Crippen molar-refractivity contribution in [3.05, 3.63) is 82.5 Å². The molecule has 1 amide bonds. The van der Waals surface area contributed by atoms with Gasteiger partial charge in [0.15, 0.2) is 0 Å². The van der Waals surface area contributed by atoms with Gasteiger partial charge in [-0.15, -0.1) is 5.10 Å². The number of benzene rings is 2. The second kappa shape index (κ2) is 8.43. The molecule has 2 aromatic heterocycles. The Kier molecular flexibility index (Phi) is 5.53. The van der Waals surface area contributed by atoms with E-state index in [1.807, 2.05) is 55.5 Å². The minimum atomic E-state index is -0.447. The molecule has 158 valence electrons. The van der Waals surface area contributed by atoms with Gasteiger partial charge in [-0.25, -0.2) is 18.9 Å². The number of rotatable bonds is 6. The normalized spacial score (nSPS) is 11.1. The van der Waals surface area contributed by atoms with E-state index in [-0.39, 0.29) is 24.0 Å². The SMILES string of the molecule is Cc1ccccc1Oc1nccn2c(=O)n(CC(=O)Nc3ccc(C(C)C)cc3)nc12. The Morgan fingerprint density at radius 1 is 1.13 bits per heavy atom. The van der Waals surface area contributed by atoms with Crippen molar-refractivity contribution in [1.29, 1.82) is 0 Å². The van der Waals surface area contributed by atoms with Gasteiger partial charge in [-0.1, -0.05) is 44.2 Å². The van der Waals surface area contributed by atoms with Crippen LogP contribution in [-0.2, 0) is 11.3 Å². The summed E-state index contributed by atoms with van der Waals surface area (Å²) in [6, 6.07) is 15.1. The lowest BCUT2D eigenvalue weighted by Gasteiger charge is -2.08. The van der Waals surface area contributed by atoms with Crippen LogP contribution in [0.4, 0.5) is 5.69 Å². The summed E-state index contributed by atoms with van der Waals surface area (Å²) in [5, 5.41) is 7.07. The van der Waals surface area contributed by atoms with E-state index in [4.69, 9.17) is 4.74 Å². The first kappa shape index (κ1) is 20.3. The molecule has 0 bridgehead atoms. The van der Waals surface area contributed by atoms with Crippen molar-refractivity contribution >= 4 is 17.2 Å². The molecule has 8 nitrogen and oxygen atoms in total. The molecule has 0 saturated heterocycles. The molecule has 0 atom stereocenters. The Hall–Kier alpha value is -3.94. The number of carbonyl (C=O) groups excluding carboxylic acids is 1. The fourth-order valence-corrected chi connectivity index (χ4v) is 3.16. The number of para-hydroxylation sites is 1. The van der Waals surface area contributed by atoms with E-state index in [0.717, 1.165) is 10.2 Å². The lowest BCUT2D eigenvalue weighted by Crippen LogP contribution is -2.28. The topological polar surface area (TPSA) is 90.5 Å². The lowest BCUT2D eigenvalue weighted by atomic mass is 10.0. The van der Waals surface area contributed by atoms with Crippen LogP contribution in [0.5, 0.6) is 11.6 Å². The number of hydrogen-bond donors (Lipinski definition) is 1. The maximum Gasteiger partial charge on any atom is 0.351 e. The zero-order valence-electron chi connectivity index (χ0n) is 17.6. The van der Waals surface area contributed by atoms with Gasteiger partial charge < -0.3 is 10.1 Å². The monoisotopic (exact) mass is 417 g/mol. The highest BCUT2D eigenvalue weighted by atomic mass is 16.5. The minimum Gasteiger partial charge on any atom is -0.436 e. The van der Waals surface area contributed by atoms with Crippen molar-refractivity contribution in [2.24, 2.45) is 0 Å². The zero-order valence-corrected chi connectivity index (χ0v) is 17.6. The predicted molar refractivity (Wildman–Crippen MR) is 118 cm³/mol. The van der Waals surface area contributed by atoms with Crippen LogP contribution in [0.3, 0.4) is 0 Å². The molecular weight excluding hydrogens is 394 g/mol. The third-order valence-electron chi connectivity index (χ3n) is 4.92. The van der Waals surface area contributed by atoms with Crippen molar-refractivity contribution < 1.29 is 9.53 Å². The fraction of sp³-hybridized carbons (Fsp3) is 0.217. The summed E-state index contributed by atoms with van der Waals surface area (Å²) in [7, 11) is 0. The van der Waals surface area contributed by atoms with Crippen molar-refractivity contribution in [3.63, 3.8) is 0 Å². The maximum atomic E-state index is 12.7. The number of ether oxygens (including phenoxy) is 1. The molecule has 4 rings (SSSR count). The van der Waals surface area contributed by atoms with E-state index >= 15 is 0 Å². The van der Waals surface area contributed by atoms with E-state index in [9.17, 15) is 9.59 Å². The van der Waals surface area contributed by atoms with Crippen LogP contribution in [0.25, 0.3) is 5.65 Å². The molecule has 1 N–H and O–H groups in total. The molecule has 0 saturated carbocycles. The first-order valence-electron chi connectivity index (χ1n) is 10.00. The molecule has 0 fully saturated rings. The zero-order chi connectivity index (χ0) is 22.0. The van der Waals surface area contributed by atoms with Crippen molar-refractivity contribution in [1.82, 2.24) is 19.2 Å². The van der Waals surface area contributed by atoms with Crippen molar-refractivity contribution in [3.8, 4) is 11.6 Å². The van der Waals surface area contributed by atoms with Gasteiger partial charge >= 0.3 is 5.69 Å². The second-order valence-electron chi connectivity index (χ2n) is 7.56. The van der Waals surface area contributed by atoms with Crippen LogP contribution in [0.15, 0.2) is 65.7 Å². The Bertz CT molecular complexity index is 1290. The summed E-state index contributed by atoms with van der Waals surface area (Å²) in [5.41, 5.74) is 2.57. The Morgan fingerprint density at radius 3 is 2.58 bits per heavy atom. The van der Waals surface area contributed by atoms with Gasteiger partial charge in [0.05, 0.1) is 0 Å². The summed E-state index contributed by atoms with van der Waals surface area (Å²) in [4.78, 5) is 29.4. The highest BCUT2D eigenvalue weighted by Crippen LogP contribution is 2.25. The first-order chi connectivity index (χ1) is 14.9. The van der Waals surface area contributed by atoms with Crippen LogP contribution in [0.1, 0.15) is 30.9 Å². The third-order valence-corrected chi connectivity index (χ3v) is 4.92. The van der Waals surface area contributed by atoms with Gasteiger partial charge in [0.2, 0.25) is 11.6 Å². The van der Waals surface area contributed by atoms with Gasteiger partial charge in [-0.2, -0.15) is 0 Å². The largest absolute Gasteiger partial charge is 0.436 e. The average Bonchev–Trinajstić information content (AvgIpc) is 3.06. The molecule has 0 unspecified atom stereocenters. The number of fused-ring (bicyclic) bond motifs is 1. The summed E-state index contributed by atoms with van der Waals surface area (Å²) in [6.45, 7) is 5.90. The average molecular weight is 417 g/mol. The Morgan fingerprint density at radius 2 is 1.87 bits per heavy atom. The molecule has 0 aliphatic heterocycles. The quantitative estimate of drug-likeness (QED) is 0.516. The highest BCUT2D eigenvalue weighted by molar-refractivity contribution is 5.90. The highest BCUT2D eigenvalue weighted by Gasteiger charge is 2.16. The lowest BCUT2D eigenvalue weighted by molar-refractivity contribution is -0.117. The van der Waals surface area contributed by atoms with Gasteiger partial charge in [0.25, 0.3) is 5.88 Å². The molecule has 2 aromatic carbocycles.